The van der Waals surface area contributed by atoms with Gasteiger partial charge in [0.2, 0.25) is 0 Å². The number of H-pyrrole nitrogens is 1. The molecular weight excluding hydrogens is 434 g/mol. The number of benzene rings is 2. The smallest absolute Gasteiger partial charge is 0.135 e. The minimum atomic E-state index is -0.265. The minimum absolute atomic E-state index is 0.265. The maximum absolute atomic E-state index is 6.29. The molecule has 0 fully saturated rings. The number of nitrogens with one attached hydrogen (secondary N) is 1. The van der Waals surface area contributed by atoms with Crippen LogP contribution in [-0.2, 0) is 11.2 Å². The van der Waals surface area contributed by atoms with Gasteiger partial charge in [0.15, 0.2) is 0 Å². The van der Waals surface area contributed by atoms with E-state index in [2.05, 4.69) is 9.97 Å². The highest BCUT2D eigenvalue weighted by molar-refractivity contribution is 7.99. The Hall–Kier alpha value is -0.880. The van der Waals surface area contributed by atoms with Crippen LogP contribution in [0.4, 0.5) is 0 Å². The van der Waals surface area contributed by atoms with Crippen LogP contribution in [0.3, 0.4) is 0 Å². The first-order chi connectivity index (χ1) is 12.5. The van der Waals surface area contributed by atoms with Gasteiger partial charge in [0.05, 0.1) is 16.0 Å². The van der Waals surface area contributed by atoms with Crippen LogP contribution >= 0.6 is 58.2 Å². The average Bonchev–Trinajstić information content (AvgIpc) is 3.13. The molecule has 136 valence electrons. The first-order valence-electron chi connectivity index (χ1n) is 7.65. The third-order valence-corrected chi connectivity index (χ3v) is 5.80. The second-order valence-electron chi connectivity index (χ2n) is 5.41. The topological polar surface area (TPSA) is 37.9 Å². The third-order valence-electron chi connectivity index (χ3n) is 3.63. The van der Waals surface area contributed by atoms with Crippen molar-refractivity contribution in [1.29, 1.82) is 0 Å². The molecular formula is C18H14Cl4N2OS. The molecule has 0 saturated carbocycles. The Kier molecular flexibility index (Phi) is 7.15. The van der Waals surface area contributed by atoms with Crippen molar-refractivity contribution in [2.45, 2.75) is 17.4 Å². The zero-order valence-corrected chi connectivity index (χ0v) is 17.2. The Labute approximate surface area is 176 Å². The van der Waals surface area contributed by atoms with Crippen molar-refractivity contribution < 1.29 is 4.74 Å². The molecule has 1 heterocycles. The highest BCUT2D eigenvalue weighted by Crippen LogP contribution is 2.31. The first kappa shape index (κ1) is 19.9. The van der Waals surface area contributed by atoms with E-state index >= 15 is 0 Å². The van der Waals surface area contributed by atoms with Gasteiger partial charge < -0.3 is 9.72 Å². The number of rotatable bonds is 7. The molecule has 0 amide bonds. The average molecular weight is 448 g/mol. The van der Waals surface area contributed by atoms with Gasteiger partial charge in [-0.2, -0.15) is 0 Å². The van der Waals surface area contributed by atoms with Gasteiger partial charge in [-0.1, -0.05) is 64.2 Å². The molecule has 3 aromatic rings. The fourth-order valence-electron chi connectivity index (χ4n) is 2.33. The molecule has 2 aromatic carbocycles. The van der Waals surface area contributed by atoms with E-state index in [1.807, 2.05) is 24.3 Å². The van der Waals surface area contributed by atoms with Crippen LogP contribution in [0.5, 0.6) is 0 Å². The van der Waals surface area contributed by atoms with Gasteiger partial charge in [0.1, 0.15) is 11.9 Å². The van der Waals surface area contributed by atoms with Crippen molar-refractivity contribution in [3.8, 4) is 0 Å². The molecule has 0 aliphatic rings. The molecule has 0 bridgehead atoms. The fourth-order valence-corrected chi connectivity index (χ4v) is 3.91. The fraction of sp³-hybridized carbons (Fsp3) is 0.167. The van der Waals surface area contributed by atoms with E-state index in [-0.39, 0.29) is 6.10 Å². The summed E-state index contributed by atoms with van der Waals surface area (Å²) < 4.78 is 6.05. The van der Waals surface area contributed by atoms with Gasteiger partial charge in [-0.3, -0.25) is 0 Å². The summed E-state index contributed by atoms with van der Waals surface area (Å²) in [6, 6.07) is 10.9. The van der Waals surface area contributed by atoms with E-state index in [0.717, 1.165) is 16.3 Å². The largest absolute Gasteiger partial charge is 0.359 e. The standard InChI is InChI=1S/C18H14Cl4N2OS/c19-12-2-1-11(15(21)8-12)7-17(18-23-5-6-24-18)25-10-26-13-3-4-14(20)16(22)9-13/h1-6,8-9,17H,7,10H2,(H,23,24). The zero-order valence-electron chi connectivity index (χ0n) is 13.4. The summed E-state index contributed by atoms with van der Waals surface area (Å²) in [7, 11) is 0. The van der Waals surface area contributed by atoms with Crippen molar-refractivity contribution in [2.24, 2.45) is 0 Å². The van der Waals surface area contributed by atoms with E-state index < -0.39 is 0 Å². The summed E-state index contributed by atoms with van der Waals surface area (Å²) >= 11 is 25.8. The Morgan fingerprint density at radius 2 is 1.85 bits per heavy atom. The molecule has 0 aliphatic carbocycles. The van der Waals surface area contributed by atoms with Crippen LogP contribution in [0.25, 0.3) is 0 Å². The van der Waals surface area contributed by atoms with E-state index in [1.54, 1.807) is 24.5 Å². The van der Waals surface area contributed by atoms with E-state index in [4.69, 9.17) is 51.1 Å². The molecule has 0 radical (unpaired) electrons. The van der Waals surface area contributed by atoms with Crippen LogP contribution in [0.15, 0.2) is 53.7 Å². The van der Waals surface area contributed by atoms with Gasteiger partial charge in [-0.25, -0.2) is 4.98 Å². The van der Waals surface area contributed by atoms with Gasteiger partial charge in [-0.15, -0.1) is 0 Å². The number of ether oxygens (including phenoxy) is 1. The molecule has 1 N–H and O–H groups in total. The van der Waals surface area contributed by atoms with Gasteiger partial charge in [0, 0.05) is 33.8 Å². The number of hydrogen-bond acceptors (Lipinski definition) is 3. The highest BCUT2D eigenvalue weighted by atomic mass is 35.5. The Balaban J connectivity index is 1.68. The van der Waals surface area contributed by atoms with Gasteiger partial charge >= 0.3 is 0 Å². The van der Waals surface area contributed by atoms with Crippen LogP contribution in [0, 0.1) is 0 Å². The summed E-state index contributed by atoms with van der Waals surface area (Å²) in [5, 5.41) is 2.26. The van der Waals surface area contributed by atoms with E-state index in [0.29, 0.717) is 32.5 Å². The number of halogens is 4. The molecule has 3 rings (SSSR count). The molecule has 1 aromatic heterocycles. The Bertz CT molecular complexity index is 874. The van der Waals surface area contributed by atoms with Crippen molar-refractivity contribution in [1.82, 2.24) is 9.97 Å². The van der Waals surface area contributed by atoms with Crippen LogP contribution in [0.2, 0.25) is 20.1 Å². The zero-order chi connectivity index (χ0) is 18.5. The summed E-state index contributed by atoms with van der Waals surface area (Å²) in [5.74, 6) is 1.17. The summed E-state index contributed by atoms with van der Waals surface area (Å²) in [6.07, 6.45) is 3.77. The summed E-state index contributed by atoms with van der Waals surface area (Å²) in [6.45, 7) is 0. The maximum atomic E-state index is 6.29. The van der Waals surface area contributed by atoms with Crippen molar-refractivity contribution >= 4 is 58.2 Å². The van der Waals surface area contributed by atoms with Gasteiger partial charge in [0.25, 0.3) is 0 Å². The van der Waals surface area contributed by atoms with Crippen molar-refractivity contribution in [3.05, 3.63) is 80.3 Å². The predicted octanol–water partition coefficient (Wildman–Crippen LogP) is 7.07. The minimum Gasteiger partial charge on any atom is -0.359 e. The van der Waals surface area contributed by atoms with Crippen LogP contribution < -0.4 is 0 Å². The highest BCUT2D eigenvalue weighted by Gasteiger charge is 2.17. The van der Waals surface area contributed by atoms with Crippen LogP contribution in [0.1, 0.15) is 17.5 Å². The predicted molar refractivity (Wildman–Crippen MR) is 110 cm³/mol. The lowest BCUT2D eigenvalue weighted by Crippen LogP contribution is -2.10. The Morgan fingerprint density at radius 3 is 2.54 bits per heavy atom. The second kappa shape index (κ2) is 9.36. The second-order valence-corrected chi connectivity index (χ2v) is 8.06. The first-order valence-corrected chi connectivity index (χ1v) is 10.2. The monoisotopic (exact) mass is 446 g/mol. The number of aromatic amines is 1. The van der Waals surface area contributed by atoms with E-state index in [1.165, 1.54) is 11.8 Å². The van der Waals surface area contributed by atoms with Gasteiger partial charge in [-0.05, 0) is 35.9 Å². The number of hydrogen-bond donors (Lipinski definition) is 1. The Morgan fingerprint density at radius 1 is 1.00 bits per heavy atom. The molecule has 1 atom stereocenters. The molecule has 1 unspecified atom stereocenters. The third kappa shape index (κ3) is 5.32. The lowest BCUT2D eigenvalue weighted by atomic mass is 10.1. The molecule has 26 heavy (non-hydrogen) atoms. The quantitative estimate of drug-likeness (QED) is 0.310. The molecule has 0 spiro atoms. The maximum Gasteiger partial charge on any atom is 0.135 e. The van der Waals surface area contributed by atoms with Crippen molar-refractivity contribution in [2.75, 3.05) is 5.94 Å². The van der Waals surface area contributed by atoms with E-state index in [9.17, 15) is 0 Å². The SMILES string of the molecule is Clc1ccc(CC(OCSc2ccc(Cl)c(Cl)c2)c2ncc[nH]2)c(Cl)c1. The lowest BCUT2D eigenvalue weighted by molar-refractivity contribution is 0.0843. The number of imidazole rings is 1. The normalized spacial score (nSPS) is 12.3. The number of aromatic nitrogens is 2. The van der Waals surface area contributed by atoms with Crippen molar-refractivity contribution in [3.63, 3.8) is 0 Å². The molecule has 0 saturated heterocycles. The van der Waals surface area contributed by atoms with Crippen LogP contribution in [-0.4, -0.2) is 15.9 Å². The number of thioether (sulfide) groups is 1. The number of nitrogens with zero attached hydrogens (tertiary/aromatic N) is 1. The molecule has 3 nitrogen and oxygen atoms in total. The molecule has 8 heteroatoms. The summed E-state index contributed by atoms with van der Waals surface area (Å²) in [4.78, 5) is 8.39. The molecule has 0 aliphatic heterocycles. The lowest BCUT2D eigenvalue weighted by Gasteiger charge is -2.17. The summed E-state index contributed by atoms with van der Waals surface area (Å²) in [5.41, 5.74) is 0.942.